The van der Waals surface area contributed by atoms with Gasteiger partial charge in [0.05, 0.1) is 23.8 Å². The van der Waals surface area contributed by atoms with E-state index in [0.717, 1.165) is 29.7 Å². The molecule has 0 unspecified atom stereocenters. The van der Waals surface area contributed by atoms with Crippen molar-refractivity contribution < 1.29 is 9.53 Å². The minimum atomic E-state index is 0.000113. The van der Waals surface area contributed by atoms with E-state index in [0.29, 0.717) is 6.61 Å². The van der Waals surface area contributed by atoms with Gasteiger partial charge in [-0.2, -0.15) is 11.3 Å². The van der Waals surface area contributed by atoms with Crippen molar-refractivity contribution in [1.82, 2.24) is 14.9 Å². The van der Waals surface area contributed by atoms with Crippen LogP contribution in [-0.4, -0.2) is 28.1 Å². The molecule has 0 saturated carbocycles. The number of rotatable bonds is 3. The van der Waals surface area contributed by atoms with E-state index in [9.17, 15) is 4.79 Å². The molecule has 3 rings (SSSR count). The average molecular weight is 305 g/mol. The molecule has 0 aromatic carbocycles. The third-order valence-electron chi connectivity index (χ3n) is 3.90. The number of carbonyl (C=O) groups excluding carboxylic acids is 1. The lowest BCUT2D eigenvalue weighted by atomic mass is 10.0. The second-order valence-corrected chi connectivity index (χ2v) is 6.20. The highest BCUT2D eigenvalue weighted by Crippen LogP contribution is 2.28. The third-order valence-corrected chi connectivity index (χ3v) is 4.76. The number of aromatic nitrogens is 2. The van der Waals surface area contributed by atoms with Crippen molar-refractivity contribution in [2.75, 3.05) is 6.61 Å². The number of imidazole rings is 1. The van der Waals surface area contributed by atoms with Crippen LogP contribution in [0.2, 0.25) is 0 Å². The van der Waals surface area contributed by atoms with Crippen LogP contribution in [0.5, 0.6) is 0 Å². The average Bonchev–Trinajstić information content (AvgIpc) is 3.07. The van der Waals surface area contributed by atoms with Gasteiger partial charge in [-0.25, -0.2) is 4.98 Å². The molecular formula is C15H19N3O2S. The van der Waals surface area contributed by atoms with Crippen LogP contribution >= 0.6 is 11.3 Å². The molecule has 0 bridgehead atoms. The van der Waals surface area contributed by atoms with E-state index in [-0.39, 0.29) is 18.1 Å². The largest absolute Gasteiger partial charge is 0.372 e. The van der Waals surface area contributed by atoms with Gasteiger partial charge in [-0.3, -0.25) is 4.79 Å². The van der Waals surface area contributed by atoms with Gasteiger partial charge in [-0.05, 0) is 30.7 Å². The lowest BCUT2D eigenvalue weighted by molar-refractivity contribution is -0.00301. The van der Waals surface area contributed by atoms with Crippen LogP contribution in [0.4, 0.5) is 0 Å². The minimum absolute atomic E-state index is 0.000113. The Kier molecular flexibility index (Phi) is 4.07. The first-order valence-electron chi connectivity index (χ1n) is 7.06. The first kappa shape index (κ1) is 14.3. The molecule has 1 aliphatic rings. The van der Waals surface area contributed by atoms with Crippen molar-refractivity contribution in [3.63, 3.8) is 0 Å². The number of amides is 1. The summed E-state index contributed by atoms with van der Waals surface area (Å²) in [5, 5.41) is 7.03. The molecule has 0 radical (unpaired) electrons. The quantitative estimate of drug-likeness (QED) is 0.947. The maximum Gasteiger partial charge on any atom is 0.252 e. The molecule has 1 amide bonds. The second-order valence-electron chi connectivity index (χ2n) is 5.45. The summed E-state index contributed by atoms with van der Waals surface area (Å²) < 4.78 is 7.79. The van der Waals surface area contributed by atoms with E-state index in [1.807, 2.05) is 35.5 Å². The fourth-order valence-corrected chi connectivity index (χ4v) is 3.50. The standard InChI is InChI=1S/C15H19N3O2S/c1-10-7-21-8-12(10)15(19)17-11-3-4-20-14(5-11)13-6-16-9-18(13)2/h6-9,11,14H,3-5H2,1-2H3,(H,17,19)/t11-,14-/m0/s1. The zero-order valence-electron chi connectivity index (χ0n) is 12.2. The molecule has 1 fully saturated rings. The summed E-state index contributed by atoms with van der Waals surface area (Å²) in [5.41, 5.74) is 2.87. The number of hydrogen-bond acceptors (Lipinski definition) is 4. The Balaban J connectivity index is 1.66. The van der Waals surface area contributed by atoms with Gasteiger partial charge in [0.1, 0.15) is 6.10 Å². The van der Waals surface area contributed by atoms with Crippen LogP contribution in [0.25, 0.3) is 0 Å². The minimum Gasteiger partial charge on any atom is -0.372 e. The van der Waals surface area contributed by atoms with E-state index in [4.69, 9.17) is 4.74 Å². The predicted octanol–water partition coefficient (Wildman–Crippen LogP) is 2.44. The summed E-state index contributed by atoms with van der Waals surface area (Å²) in [6.45, 7) is 2.62. The number of thiophene rings is 1. The molecule has 2 aromatic rings. The van der Waals surface area contributed by atoms with Crippen LogP contribution in [-0.2, 0) is 11.8 Å². The number of carbonyl (C=O) groups is 1. The molecule has 0 aliphatic carbocycles. The smallest absolute Gasteiger partial charge is 0.252 e. The van der Waals surface area contributed by atoms with Gasteiger partial charge < -0.3 is 14.6 Å². The van der Waals surface area contributed by atoms with Crippen LogP contribution in [0.15, 0.2) is 23.3 Å². The van der Waals surface area contributed by atoms with E-state index >= 15 is 0 Å². The second kappa shape index (κ2) is 5.99. The molecular weight excluding hydrogens is 286 g/mol. The molecule has 0 spiro atoms. The summed E-state index contributed by atoms with van der Waals surface area (Å²) in [4.78, 5) is 16.4. The van der Waals surface area contributed by atoms with Gasteiger partial charge >= 0.3 is 0 Å². The van der Waals surface area contributed by atoms with Crippen LogP contribution in [0.3, 0.4) is 0 Å². The number of aryl methyl sites for hydroxylation is 2. The molecule has 3 heterocycles. The SMILES string of the molecule is Cc1cscc1C(=O)N[C@H]1CCO[C@H](c2cncn2C)C1. The third kappa shape index (κ3) is 3.01. The summed E-state index contributed by atoms with van der Waals surface area (Å²) >= 11 is 1.56. The summed E-state index contributed by atoms with van der Waals surface area (Å²) in [7, 11) is 1.96. The zero-order chi connectivity index (χ0) is 14.8. The number of nitrogens with one attached hydrogen (secondary N) is 1. The topological polar surface area (TPSA) is 56.1 Å². The van der Waals surface area contributed by atoms with Crippen molar-refractivity contribution in [2.24, 2.45) is 7.05 Å². The Bertz CT molecular complexity index is 634. The molecule has 2 atom stereocenters. The fourth-order valence-electron chi connectivity index (χ4n) is 2.67. The molecule has 1 aliphatic heterocycles. The van der Waals surface area contributed by atoms with Crippen LogP contribution in [0, 0.1) is 6.92 Å². The number of nitrogens with zero attached hydrogens (tertiary/aromatic N) is 2. The molecule has 6 heteroatoms. The van der Waals surface area contributed by atoms with Gasteiger partial charge in [0, 0.05) is 25.1 Å². The van der Waals surface area contributed by atoms with Crippen LogP contribution in [0.1, 0.15) is 40.6 Å². The van der Waals surface area contributed by atoms with E-state index in [1.165, 1.54) is 0 Å². The molecule has 5 nitrogen and oxygen atoms in total. The van der Waals surface area contributed by atoms with Crippen molar-refractivity contribution in [2.45, 2.75) is 31.9 Å². The molecule has 112 valence electrons. The maximum atomic E-state index is 12.3. The Morgan fingerprint density at radius 2 is 2.38 bits per heavy atom. The van der Waals surface area contributed by atoms with Crippen molar-refractivity contribution in [3.8, 4) is 0 Å². The van der Waals surface area contributed by atoms with E-state index < -0.39 is 0 Å². The van der Waals surface area contributed by atoms with Gasteiger partial charge in [0.25, 0.3) is 5.91 Å². The fraction of sp³-hybridized carbons (Fsp3) is 0.467. The predicted molar refractivity (Wildman–Crippen MR) is 81.4 cm³/mol. The van der Waals surface area contributed by atoms with Gasteiger partial charge in [0.2, 0.25) is 0 Å². The highest BCUT2D eigenvalue weighted by molar-refractivity contribution is 7.08. The number of hydrogen-bond donors (Lipinski definition) is 1. The Hall–Kier alpha value is -1.66. The number of ether oxygens (including phenoxy) is 1. The summed E-state index contributed by atoms with van der Waals surface area (Å²) in [6, 6.07) is 0.144. The van der Waals surface area contributed by atoms with Gasteiger partial charge in [0.15, 0.2) is 0 Å². The van der Waals surface area contributed by atoms with Crippen molar-refractivity contribution in [1.29, 1.82) is 0 Å². The molecule has 1 saturated heterocycles. The summed E-state index contributed by atoms with van der Waals surface area (Å²) in [5.74, 6) is 0.0180. The van der Waals surface area contributed by atoms with Crippen molar-refractivity contribution >= 4 is 17.2 Å². The first-order chi connectivity index (χ1) is 10.1. The Morgan fingerprint density at radius 1 is 1.52 bits per heavy atom. The summed E-state index contributed by atoms with van der Waals surface area (Å²) in [6.07, 6.45) is 5.24. The lowest BCUT2D eigenvalue weighted by Gasteiger charge is -2.30. The zero-order valence-corrected chi connectivity index (χ0v) is 13.0. The molecule has 21 heavy (non-hydrogen) atoms. The highest BCUT2D eigenvalue weighted by atomic mass is 32.1. The maximum absolute atomic E-state index is 12.3. The van der Waals surface area contributed by atoms with E-state index in [2.05, 4.69) is 10.3 Å². The Labute approximate surface area is 128 Å². The molecule has 2 aromatic heterocycles. The first-order valence-corrected chi connectivity index (χ1v) is 8.01. The monoisotopic (exact) mass is 305 g/mol. The van der Waals surface area contributed by atoms with Crippen molar-refractivity contribution in [3.05, 3.63) is 40.1 Å². The molecule has 1 N–H and O–H groups in total. The normalized spacial score (nSPS) is 22.2. The van der Waals surface area contributed by atoms with E-state index in [1.54, 1.807) is 17.7 Å². The van der Waals surface area contributed by atoms with Gasteiger partial charge in [-0.1, -0.05) is 0 Å². The van der Waals surface area contributed by atoms with Crippen LogP contribution < -0.4 is 5.32 Å². The van der Waals surface area contributed by atoms with Gasteiger partial charge in [-0.15, -0.1) is 0 Å². The lowest BCUT2D eigenvalue weighted by Crippen LogP contribution is -2.40. The highest BCUT2D eigenvalue weighted by Gasteiger charge is 2.27. The Morgan fingerprint density at radius 3 is 3.05 bits per heavy atom.